The summed E-state index contributed by atoms with van der Waals surface area (Å²) in [5.74, 6) is 0. The Hall–Kier alpha value is -0.800. The summed E-state index contributed by atoms with van der Waals surface area (Å²) in [6.07, 6.45) is -4.55. The van der Waals surface area contributed by atoms with Crippen LogP contribution >= 0.6 is 0 Å². The molecule has 1 atom stereocenters. The van der Waals surface area contributed by atoms with Crippen molar-refractivity contribution in [2.75, 3.05) is 27.2 Å². The Balaban J connectivity index is 4.24. The Morgan fingerprint density at radius 3 is 2.14 bits per heavy atom. The summed E-state index contributed by atoms with van der Waals surface area (Å²) >= 11 is 0. The van der Waals surface area contributed by atoms with Crippen molar-refractivity contribution in [3.05, 3.63) is 0 Å². The van der Waals surface area contributed by atoms with Crippen LogP contribution in [0.15, 0.2) is 0 Å². The van der Waals surface area contributed by atoms with Gasteiger partial charge in [-0.15, -0.1) is 0 Å². The van der Waals surface area contributed by atoms with Crippen LogP contribution in [0.3, 0.4) is 0 Å². The average molecular weight is 209 g/mol. The molecular weight excluding hydrogens is 195 g/mol. The monoisotopic (exact) mass is 209 g/mol. The van der Waals surface area contributed by atoms with Gasteiger partial charge in [0.1, 0.15) is 0 Å². The van der Waals surface area contributed by atoms with Gasteiger partial charge in [0.25, 0.3) is 0 Å². The maximum atomic E-state index is 12.3. The fourth-order valence-electron chi connectivity index (χ4n) is 0.733. The second kappa shape index (κ2) is 4.62. The van der Waals surface area contributed by atoms with E-state index in [0.717, 1.165) is 6.92 Å². The first-order valence-electron chi connectivity index (χ1n) is 4.10. The Labute approximate surface area is 81.5 Å². The van der Waals surface area contributed by atoms with Crippen molar-refractivity contribution >= 4 is 0 Å². The topological polar surface area (TPSA) is 39.1 Å². The molecule has 1 unspecified atom stereocenters. The van der Waals surface area contributed by atoms with E-state index < -0.39 is 11.7 Å². The Morgan fingerprint density at radius 2 is 1.86 bits per heavy atom. The molecule has 3 nitrogen and oxygen atoms in total. The van der Waals surface area contributed by atoms with Gasteiger partial charge in [-0.05, 0) is 21.0 Å². The second-order valence-electron chi connectivity index (χ2n) is 3.46. The van der Waals surface area contributed by atoms with Gasteiger partial charge >= 0.3 is 6.18 Å². The molecule has 14 heavy (non-hydrogen) atoms. The van der Waals surface area contributed by atoms with Crippen LogP contribution in [0.25, 0.3) is 0 Å². The number of nitrogens with one attached hydrogen (secondary N) is 1. The largest absolute Gasteiger partial charge is 0.419 e. The molecule has 0 aliphatic carbocycles. The molecule has 0 aromatic carbocycles. The molecule has 0 aromatic heterocycles. The van der Waals surface area contributed by atoms with Crippen LogP contribution in [0, 0.1) is 11.3 Å². The maximum absolute atomic E-state index is 12.3. The van der Waals surface area contributed by atoms with E-state index in [1.807, 2.05) is 0 Å². The predicted octanol–water partition coefficient (Wildman–Crippen LogP) is 0.982. The molecule has 0 spiro atoms. The van der Waals surface area contributed by atoms with Crippen LogP contribution in [0.4, 0.5) is 13.2 Å². The van der Waals surface area contributed by atoms with Crippen molar-refractivity contribution in [2.24, 2.45) is 0 Å². The summed E-state index contributed by atoms with van der Waals surface area (Å²) in [4.78, 5) is 1.74. The zero-order valence-corrected chi connectivity index (χ0v) is 8.44. The van der Waals surface area contributed by atoms with Gasteiger partial charge in [0.05, 0.1) is 6.07 Å². The lowest BCUT2D eigenvalue weighted by molar-refractivity contribution is -0.173. The molecule has 0 saturated carbocycles. The Bertz CT molecular complexity index is 219. The van der Waals surface area contributed by atoms with Gasteiger partial charge in [-0.3, -0.25) is 5.32 Å². The number of rotatable bonds is 4. The van der Waals surface area contributed by atoms with Crippen LogP contribution in [0.1, 0.15) is 6.92 Å². The van der Waals surface area contributed by atoms with Gasteiger partial charge in [-0.25, -0.2) is 0 Å². The van der Waals surface area contributed by atoms with Gasteiger partial charge < -0.3 is 4.90 Å². The zero-order chi connectivity index (χ0) is 11.4. The van der Waals surface area contributed by atoms with Crippen molar-refractivity contribution in [3.8, 4) is 6.07 Å². The van der Waals surface area contributed by atoms with Gasteiger partial charge in [-0.1, -0.05) is 0 Å². The highest BCUT2D eigenvalue weighted by Gasteiger charge is 2.51. The number of hydrogen-bond acceptors (Lipinski definition) is 3. The lowest BCUT2D eigenvalue weighted by Crippen LogP contribution is -2.54. The predicted molar refractivity (Wildman–Crippen MR) is 46.6 cm³/mol. The Kier molecular flexibility index (Phi) is 4.36. The number of nitrogens with zero attached hydrogens (tertiary/aromatic N) is 2. The number of nitriles is 1. The van der Waals surface area contributed by atoms with E-state index >= 15 is 0 Å². The Morgan fingerprint density at radius 1 is 1.36 bits per heavy atom. The molecule has 82 valence electrons. The highest BCUT2D eigenvalue weighted by atomic mass is 19.4. The minimum Gasteiger partial charge on any atom is -0.308 e. The smallest absolute Gasteiger partial charge is 0.308 e. The van der Waals surface area contributed by atoms with Crippen LogP contribution < -0.4 is 5.32 Å². The molecule has 0 radical (unpaired) electrons. The van der Waals surface area contributed by atoms with Crippen molar-refractivity contribution in [1.29, 1.82) is 5.26 Å². The van der Waals surface area contributed by atoms with Crippen LogP contribution in [-0.2, 0) is 0 Å². The highest BCUT2D eigenvalue weighted by molar-refractivity contribution is 5.09. The van der Waals surface area contributed by atoms with Gasteiger partial charge in [0, 0.05) is 13.1 Å². The molecule has 0 aliphatic rings. The van der Waals surface area contributed by atoms with Crippen molar-refractivity contribution < 1.29 is 13.2 Å². The maximum Gasteiger partial charge on any atom is 0.419 e. The standard InChI is InChI=1S/C8H14F3N3/c1-7(6-12,8(9,10)11)13-4-5-14(2)3/h13H,4-5H2,1-3H3. The molecule has 1 N–H and O–H groups in total. The average Bonchev–Trinajstić information content (AvgIpc) is 2.01. The first-order valence-corrected chi connectivity index (χ1v) is 4.10. The SMILES string of the molecule is CN(C)CCNC(C)(C#N)C(F)(F)F. The van der Waals surface area contributed by atoms with Crippen LogP contribution in [0.5, 0.6) is 0 Å². The van der Waals surface area contributed by atoms with E-state index in [1.165, 1.54) is 6.07 Å². The number of halogens is 3. The summed E-state index contributed by atoms with van der Waals surface area (Å²) in [5, 5.41) is 10.6. The van der Waals surface area contributed by atoms with Gasteiger partial charge in [-0.2, -0.15) is 18.4 Å². The summed E-state index contributed by atoms with van der Waals surface area (Å²) < 4.78 is 37.0. The van der Waals surface area contributed by atoms with E-state index in [-0.39, 0.29) is 6.54 Å². The minimum atomic E-state index is -4.55. The molecule has 0 heterocycles. The van der Waals surface area contributed by atoms with E-state index in [2.05, 4.69) is 5.32 Å². The molecule has 0 amide bonds. The fraction of sp³-hybridized carbons (Fsp3) is 0.875. The number of hydrogen-bond donors (Lipinski definition) is 1. The summed E-state index contributed by atoms with van der Waals surface area (Å²) in [5.41, 5.74) is -2.46. The van der Waals surface area contributed by atoms with Gasteiger partial charge in [0.2, 0.25) is 0 Å². The molecule has 0 fully saturated rings. The normalized spacial score (nSPS) is 16.4. The van der Waals surface area contributed by atoms with Crippen LogP contribution in [-0.4, -0.2) is 43.8 Å². The van der Waals surface area contributed by atoms with Crippen molar-refractivity contribution in [3.63, 3.8) is 0 Å². The zero-order valence-electron chi connectivity index (χ0n) is 8.44. The minimum absolute atomic E-state index is 0.122. The lowest BCUT2D eigenvalue weighted by atomic mass is 10.0. The molecule has 0 rings (SSSR count). The van der Waals surface area contributed by atoms with Crippen molar-refractivity contribution in [1.82, 2.24) is 10.2 Å². The first kappa shape index (κ1) is 13.2. The van der Waals surface area contributed by atoms with Crippen molar-refractivity contribution in [2.45, 2.75) is 18.6 Å². The molecular formula is C8H14F3N3. The third kappa shape index (κ3) is 3.52. The molecule has 0 saturated heterocycles. The molecule has 6 heteroatoms. The van der Waals surface area contributed by atoms with Crippen LogP contribution in [0.2, 0.25) is 0 Å². The van der Waals surface area contributed by atoms with E-state index in [4.69, 9.17) is 5.26 Å². The molecule has 0 aliphatic heterocycles. The summed E-state index contributed by atoms with van der Waals surface area (Å²) in [6.45, 7) is 1.41. The second-order valence-corrected chi connectivity index (χ2v) is 3.46. The van der Waals surface area contributed by atoms with Gasteiger partial charge in [0.15, 0.2) is 5.54 Å². The lowest BCUT2D eigenvalue weighted by Gasteiger charge is -2.26. The fourth-order valence-corrected chi connectivity index (χ4v) is 0.733. The summed E-state index contributed by atoms with van der Waals surface area (Å²) in [7, 11) is 3.50. The quantitative estimate of drug-likeness (QED) is 0.750. The molecule has 0 bridgehead atoms. The number of likely N-dealkylation sites (N-methyl/N-ethyl adjacent to an activating group) is 1. The van der Waals surface area contributed by atoms with E-state index in [0.29, 0.717) is 6.54 Å². The first-order chi connectivity index (χ1) is 6.23. The third-order valence-corrected chi connectivity index (χ3v) is 1.83. The highest BCUT2D eigenvalue weighted by Crippen LogP contribution is 2.29. The molecule has 0 aromatic rings. The van der Waals surface area contributed by atoms with E-state index in [1.54, 1.807) is 19.0 Å². The number of alkyl halides is 3. The third-order valence-electron chi connectivity index (χ3n) is 1.83. The summed E-state index contributed by atoms with van der Waals surface area (Å²) in [6, 6.07) is 1.24. The van der Waals surface area contributed by atoms with E-state index in [9.17, 15) is 13.2 Å².